The third-order valence-corrected chi connectivity index (χ3v) is 5.65. The van der Waals surface area contributed by atoms with Gasteiger partial charge in [-0.2, -0.15) is 5.10 Å². The lowest BCUT2D eigenvalue weighted by Crippen LogP contribution is -2.38. The van der Waals surface area contributed by atoms with Gasteiger partial charge in [0.2, 0.25) is 0 Å². The minimum Gasteiger partial charge on any atom is -0.294 e. The molecule has 0 radical (unpaired) electrons. The molecule has 0 amide bonds. The molecule has 3 nitrogen and oxygen atoms in total. The highest BCUT2D eigenvalue weighted by Crippen LogP contribution is 2.27. The van der Waals surface area contributed by atoms with E-state index in [4.69, 9.17) is 0 Å². The first-order valence-corrected chi connectivity index (χ1v) is 9.60. The fraction of sp³-hybridized carbons (Fsp3) is 0.800. The van der Waals surface area contributed by atoms with Crippen LogP contribution in [0.2, 0.25) is 0 Å². The predicted octanol–water partition coefficient (Wildman–Crippen LogP) is 4.50. The van der Waals surface area contributed by atoms with Crippen molar-refractivity contribution in [3.63, 3.8) is 0 Å². The van der Waals surface area contributed by atoms with Crippen molar-refractivity contribution < 1.29 is 0 Å². The Labute approximate surface area is 139 Å². The Morgan fingerprint density at radius 3 is 2.60 bits per heavy atom. The van der Waals surface area contributed by atoms with Gasteiger partial charge >= 0.3 is 0 Å². The molecule has 5 heteroatoms. The van der Waals surface area contributed by atoms with Crippen molar-refractivity contribution in [2.75, 3.05) is 11.9 Å². The van der Waals surface area contributed by atoms with Gasteiger partial charge in [-0.3, -0.25) is 9.58 Å². The van der Waals surface area contributed by atoms with Gasteiger partial charge in [-0.1, -0.05) is 35.2 Å². The fourth-order valence-corrected chi connectivity index (χ4v) is 4.02. The van der Waals surface area contributed by atoms with Crippen LogP contribution >= 0.6 is 31.9 Å². The van der Waals surface area contributed by atoms with Crippen LogP contribution in [0.25, 0.3) is 0 Å². The molecule has 1 aromatic rings. The van der Waals surface area contributed by atoms with Crippen LogP contribution < -0.4 is 0 Å². The first kappa shape index (κ1) is 16.5. The smallest absolute Gasteiger partial charge is 0.0739 e. The minimum atomic E-state index is 0.744. The first-order valence-electron chi connectivity index (χ1n) is 7.69. The topological polar surface area (TPSA) is 21.1 Å². The molecule has 0 atom stereocenters. The molecule has 1 aliphatic carbocycles. The van der Waals surface area contributed by atoms with Crippen LogP contribution in [-0.2, 0) is 13.1 Å². The number of hydrogen-bond acceptors (Lipinski definition) is 2. The van der Waals surface area contributed by atoms with Crippen LogP contribution in [0.15, 0.2) is 4.47 Å². The van der Waals surface area contributed by atoms with Crippen molar-refractivity contribution in [2.24, 2.45) is 0 Å². The Bertz CT molecular complexity index is 425. The summed E-state index contributed by atoms with van der Waals surface area (Å²) in [5.74, 6) is 0. The molecule has 1 saturated carbocycles. The van der Waals surface area contributed by atoms with Gasteiger partial charge in [-0.15, -0.1) is 0 Å². The summed E-state index contributed by atoms with van der Waals surface area (Å²) >= 11 is 7.34. The molecule has 20 heavy (non-hydrogen) atoms. The van der Waals surface area contributed by atoms with Gasteiger partial charge in [0, 0.05) is 31.0 Å². The molecule has 1 aromatic heterocycles. The van der Waals surface area contributed by atoms with E-state index in [0.29, 0.717) is 0 Å². The molecule has 114 valence electrons. The lowest BCUT2D eigenvalue weighted by Gasteiger charge is -2.34. The number of alkyl halides is 1. The summed E-state index contributed by atoms with van der Waals surface area (Å²) in [6, 6.07) is 0.744. The average Bonchev–Trinajstić information content (AvgIpc) is 2.75. The fourth-order valence-electron chi connectivity index (χ4n) is 3.16. The Hall–Kier alpha value is 0.130. The highest BCUT2D eigenvalue weighted by atomic mass is 79.9. The van der Waals surface area contributed by atoms with Gasteiger partial charge in [0.25, 0.3) is 0 Å². The quantitative estimate of drug-likeness (QED) is 0.648. The minimum absolute atomic E-state index is 0.744. The maximum absolute atomic E-state index is 4.62. The Kier molecular flexibility index (Phi) is 6.56. The van der Waals surface area contributed by atoms with Gasteiger partial charge in [-0.05, 0) is 42.6 Å². The zero-order chi connectivity index (χ0) is 14.5. The van der Waals surface area contributed by atoms with E-state index in [1.54, 1.807) is 0 Å². The second-order valence-electron chi connectivity index (χ2n) is 5.61. The van der Waals surface area contributed by atoms with Gasteiger partial charge in [0.05, 0.1) is 15.9 Å². The van der Waals surface area contributed by atoms with Crippen LogP contribution in [-0.4, -0.2) is 32.6 Å². The maximum atomic E-state index is 4.62. The van der Waals surface area contributed by atoms with Crippen molar-refractivity contribution in [1.82, 2.24) is 14.7 Å². The molecular formula is C15H25Br2N3. The van der Waals surface area contributed by atoms with Crippen molar-refractivity contribution >= 4 is 31.9 Å². The highest BCUT2D eigenvalue weighted by Gasteiger charge is 2.23. The number of hydrogen-bond donors (Lipinski definition) is 0. The molecule has 0 aliphatic heterocycles. The van der Waals surface area contributed by atoms with Crippen molar-refractivity contribution in [3.8, 4) is 0 Å². The van der Waals surface area contributed by atoms with E-state index in [2.05, 4.69) is 60.4 Å². The van der Waals surface area contributed by atoms with Gasteiger partial charge in [0.15, 0.2) is 0 Å². The molecule has 2 rings (SSSR count). The number of halogens is 2. The zero-order valence-corrected chi connectivity index (χ0v) is 15.7. The van der Waals surface area contributed by atoms with E-state index < -0.39 is 0 Å². The number of aromatic nitrogens is 2. The summed E-state index contributed by atoms with van der Waals surface area (Å²) in [5.41, 5.74) is 2.43. The molecular weight excluding hydrogens is 382 g/mol. The monoisotopic (exact) mass is 405 g/mol. The van der Waals surface area contributed by atoms with E-state index in [1.807, 2.05) is 0 Å². The van der Waals surface area contributed by atoms with Crippen LogP contribution in [0.1, 0.15) is 50.4 Å². The van der Waals surface area contributed by atoms with Gasteiger partial charge in [0.1, 0.15) is 0 Å². The Morgan fingerprint density at radius 1 is 1.30 bits per heavy atom. The van der Waals surface area contributed by atoms with E-state index in [0.717, 1.165) is 36.7 Å². The van der Waals surface area contributed by atoms with Crippen molar-refractivity contribution in [2.45, 2.75) is 65.1 Å². The molecule has 0 N–H and O–H groups in total. The summed E-state index contributed by atoms with van der Waals surface area (Å²) < 4.78 is 3.33. The molecule has 1 heterocycles. The number of aryl methyl sites for hydroxylation is 2. The first-order chi connectivity index (χ1) is 9.67. The second kappa shape index (κ2) is 7.95. The largest absolute Gasteiger partial charge is 0.294 e. The molecule has 0 saturated heterocycles. The van der Waals surface area contributed by atoms with Crippen LogP contribution in [0, 0.1) is 6.92 Å². The van der Waals surface area contributed by atoms with Crippen LogP contribution in [0.3, 0.4) is 0 Å². The molecule has 0 spiro atoms. The van der Waals surface area contributed by atoms with Crippen LogP contribution in [0.4, 0.5) is 0 Å². The zero-order valence-electron chi connectivity index (χ0n) is 12.5. The summed E-state index contributed by atoms with van der Waals surface area (Å²) in [5, 5.41) is 5.66. The van der Waals surface area contributed by atoms with Crippen molar-refractivity contribution in [3.05, 3.63) is 15.9 Å². The van der Waals surface area contributed by atoms with E-state index in [1.165, 1.54) is 42.3 Å². The second-order valence-corrected chi connectivity index (χ2v) is 7.20. The summed E-state index contributed by atoms with van der Waals surface area (Å²) in [7, 11) is 0. The van der Waals surface area contributed by atoms with Crippen LogP contribution in [0.5, 0.6) is 0 Å². The molecule has 0 bridgehead atoms. The molecule has 0 unspecified atom stereocenters. The van der Waals surface area contributed by atoms with Gasteiger partial charge in [-0.25, -0.2) is 0 Å². The highest BCUT2D eigenvalue weighted by molar-refractivity contribution is 9.10. The maximum Gasteiger partial charge on any atom is 0.0739 e. The van der Waals surface area contributed by atoms with Gasteiger partial charge < -0.3 is 0 Å². The molecule has 1 aliphatic rings. The Morgan fingerprint density at radius 2 is 2.00 bits per heavy atom. The summed E-state index contributed by atoms with van der Waals surface area (Å²) in [4.78, 5) is 2.64. The normalized spacial score (nSPS) is 17.1. The SMILES string of the molecule is CCn1nc(C)c(Br)c1CN(CCBr)C1CCCCC1. The van der Waals surface area contributed by atoms with E-state index >= 15 is 0 Å². The van der Waals surface area contributed by atoms with E-state index in [-0.39, 0.29) is 0 Å². The third kappa shape index (κ3) is 3.86. The summed E-state index contributed by atoms with van der Waals surface area (Å²) in [6.45, 7) is 7.30. The number of nitrogens with zero attached hydrogens (tertiary/aromatic N) is 3. The standard InChI is InChI=1S/C15H25Br2N3/c1-3-20-14(15(17)12(2)18-20)11-19(10-9-16)13-7-5-4-6-8-13/h13H,3-11H2,1-2H3. The summed E-state index contributed by atoms with van der Waals surface area (Å²) in [6.07, 6.45) is 6.88. The molecule has 0 aromatic carbocycles. The lowest BCUT2D eigenvalue weighted by molar-refractivity contribution is 0.153. The number of rotatable bonds is 6. The third-order valence-electron chi connectivity index (χ3n) is 4.27. The molecule has 1 fully saturated rings. The lowest BCUT2D eigenvalue weighted by atomic mass is 9.94. The predicted molar refractivity (Wildman–Crippen MR) is 91.4 cm³/mol. The van der Waals surface area contributed by atoms with Crippen molar-refractivity contribution in [1.29, 1.82) is 0 Å². The van der Waals surface area contributed by atoms with E-state index in [9.17, 15) is 0 Å². The average molecular weight is 407 g/mol. The Balaban J connectivity index is 2.14.